The molecule has 3 aromatic carbocycles. The van der Waals surface area contributed by atoms with Crippen molar-refractivity contribution < 1.29 is 9.90 Å². The first kappa shape index (κ1) is 19.7. The van der Waals surface area contributed by atoms with Gasteiger partial charge in [0.25, 0.3) is 0 Å². The van der Waals surface area contributed by atoms with Crippen LogP contribution in [0.3, 0.4) is 0 Å². The van der Waals surface area contributed by atoms with E-state index in [1.807, 2.05) is 6.07 Å². The summed E-state index contributed by atoms with van der Waals surface area (Å²) in [6, 6.07) is 24.5. The van der Waals surface area contributed by atoms with Gasteiger partial charge < -0.3 is 10.4 Å². The first-order valence-electron chi connectivity index (χ1n) is 10.6. The van der Waals surface area contributed by atoms with Crippen molar-refractivity contribution in [2.24, 2.45) is 0 Å². The van der Waals surface area contributed by atoms with Gasteiger partial charge in [-0.3, -0.25) is 4.79 Å². The van der Waals surface area contributed by atoms with Gasteiger partial charge in [0.15, 0.2) is 0 Å². The Hall–Kier alpha value is -2.65. The van der Waals surface area contributed by atoms with E-state index in [1.165, 1.54) is 34.7 Å². The number of carbonyl (C=O) groups is 1. The molecule has 0 radical (unpaired) electrons. The monoisotopic (exact) mass is 387 g/mol. The zero-order valence-electron chi connectivity index (χ0n) is 17.0. The molecule has 150 valence electrons. The van der Waals surface area contributed by atoms with Gasteiger partial charge in [0.2, 0.25) is 0 Å². The van der Waals surface area contributed by atoms with Crippen molar-refractivity contribution in [1.29, 1.82) is 0 Å². The maximum atomic E-state index is 10.8. The molecule has 0 aliphatic heterocycles. The van der Waals surface area contributed by atoms with Crippen molar-refractivity contribution in [2.45, 2.75) is 57.0 Å². The van der Waals surface area contributed by atoms with Crippen molar-refractivity contribution in [3.05, 3.63) is 83.4 Å². The molecule has 1 aliphatic carbocycles. The van der Waals surface area contributed by atoms with Crippen LogP contribution in [0.4, 0.5) is 0 Å². The summed E-state index contributed by atoms with van der Waals surface area (Å²) in [5, 5.41) is 15.4. The maximum Gasteiger partial charge on any atom is 0.303 e. The number of carboxylic acid groups (broad SMARTS) is 1. The van der Waals surface area contributed by atoms with Crippen LogP contribution in [0.2, 0.25) is 0 Å². The Morgan fingerprint density at radius 2 is 1.86 bits per heavy atom. The first-order valence-corrected chi connectivity index (χ1v) is 10.6. The molecule has 3 aromatic rings. The summed E-state index contributed by atoms with van der Waals surface area (Å²) in [7, 11) is 0. The Kier molecular flexibility index (Phi) is 5.96. The minimum atomic E-state index is -0.733. The SMILES string of the molecule is C[C@@H](NC1CC[C@H](c2cccc(CCC(=O)O)c2)C1)c1cccc2ccccc12. The highest BCUT2D eigenvalue weighted by Crippen LogP contribution is 2.36. The van der Waals surface area contributed by atoms with Gasteiger partial charge >= 0.3 is 5.97 Å². The van der Waals surface area contributed by atoms with Crippen molar-refractivity contribution in [3.63, 3.8) is 0 Å². The quantitative estimate of drug-likeness (QED) is 0.535. The standard InChI is InChI=1S/C26H29NO2/c1-18(24-11-5-8-20-7-2-3-10-25(20)24)27-23-14-13-22(17-23)21-9-4-6-19(16-21)12-15-26(28)29/h2-11,16,18,22-23,27H,12-15,17H2,1H3,(H,28,29)/t18-,22+,23?/m1/s1. The van der Waals surface area contributed by atoms with Crippen LogP contribution in [0.5, 0.6) is 0 Å². The summed E-state index contributed by atoms with van der Waals surface area (Å²) < 4.78 is 0. The first-order chi connectivity index (χ1) is 14.1. The number of fused-ring (bicyclic) bond motifs is 1. The lowest BCUT2D eigenvalue weighted by Crippen LogP contribution is -2.29. The Morgan fingerprint density at radius 3 is 2.72 bits per heavy atom. The van der Waals surface area contributed by atoms with E-state index in [9.17, 15) is 4.79 Å². The fraction of sp³-hybridized carbons (Fsp3) is 0.346. The van der Waals surface area contributed by atoms with Crippen LogP contribution in [-0.2, 0) is 11.2 Å². The van der Waals surface area contributed by atoms with Crippen molar-refractivity contribution >= 4 is 16.7 Å². The summed E-state index contributed by atoms with van der Waals surface area (Å²) >= 11 is 0. The maximum absolute atomic E-state index is 10.8. The van der Waals surface area contributed by atoms with E-state index in [-0.39, 0.29) is 6.42 Å². The molecule has 4 rings (SSSR count). The van der Waals surface area contributed by atoms with Gasteiger partial charge in [0.1, 0.15) is 0 Å². The number of benzene rings is 3. The lowest BCUT2D eigenvalue weighted by molar-refractivity contribution is -0.136. The number of nitrogens with one attached hydrogen (secondary N) is 1. The molecule has 0 bridgehead atoms. The van der Waals surface area contributed by atoms with E-state index in [2.05, 4.69) is 72.9 Å². The van der Waals surface area contributed by atoms with E-state index in [1.54, 1.807) is 0 Å². The molecular formula is C26H29NO2. The summed E-state index contributed by atoms with van der Waals surface area (Å²) in [5.74, 6) is -0.181. The number of aryl methyl sites for hydroxylation is 1. The molecule has 3 atom stereocenters. The molecule has 3 nitrogen and oxygen atoms in total. The van der Waals surface area contributed by atoms with Gasteiger partial charge in [-0.15, -0.1) is 0 Å². The molecule has 2 N–H and O–H groups in total. The molecule has 0 heterocycles. The lowest BCUT2D eigenvalue weighted by atomic mass is 9.94. The molecule has 1 fully saturated rings. The molecule has 1 unspecified atom stereocenters. The Bertz CT molecular complexity index is 991. The third kappa shape index (κ3) is 4.68. The van der Waals surface area contributed by atoms with Crippen molar-refractivity contribution in [1.82, 2.24) is 5.32 Å². The van der Waals surface area contributed by atoms with Crippen molar-refractivity contribution in [2.75, 3.05) is 0 Å². The third-order valence-electron chi connectivity index (χ3n) is 6.26. The highest BCUT2D eigenvalue weighted by Gasteiger charge is 2.27. The summed E-state index contributed by atoms with van der Waals surface area (Å²) in [4.78, 5) is 10.8. The molecule has 0 aromatic heterocycles. The minimum absolute atomic E-state index is 0.195. The van der Waals surface area contributed by atoms with Gasteiger partial charge in [-0.05, 0) is 66.0 Å². The highest BCUT2D eigenvalue weighted by atomic mass is 16.4. The van der Waals surface area contributed by atoms with Crippen LogP contribution in [0, 0.1) is 0 Å². The highest BCUT2D eigenvalue weighted by molar-refractivity contribution is 5.86. The topological polar surface area (TPSA) is 49.3 Å². The zero-order chi connectivity index (χ0) is 20.2. The number of carboxylic acids is 1. The predicted octanol–water partition coefficient (Wildman–Crippen LogP) is 5.84. The van der Waals surface area contributed by atoms with Crippen LogP contribution in [0.25, 0.3) is 10.8 Å². The molecule has 0 spiro atoms. The molecule has 0 amide bonds. The third-order valence-corrected chi connectivity index (χ3v) is 6.26. The minimum Gasteiger partial charge on any atom is -0.481 e. The Morgan fingerprint density at radius 1 is 1.07 bits per heavy atom. The smallest absolute Gasteiger partial charge is 0.303 e. The van der Waals surface area contributed by atoms with Crippen LogP contribution >= 0.6 is 0 Å². The summed E-state index contributed by atoms with van der Waals surface area (Å²) in [6.45, 7) is 2.27. The Balaban J connectivity index is 1.41. The van der Waals surface area contributed by atoms with Crippen LogP contribution in [0.1, 0.15) is 61.3 Å². The zero-order valence-corrected chi connectivity index (χ0v) is 17.0. The predicted molar refractivity (Wildman–Crippen MR) is 118 cm³/mol. The van der Waals surface area contributed by atoms with E-state index >= 15 is 0 Å². The number of rotatable bonds is 7. The molecule has 1 aliphatic rings. The molecule has 1 saturated carbocycles. The van der Waals surface area contributed by atoms with E-state index in [0.717, 1.165) is 12.0 Å². The fourth-order valence-electron chi connectivity index (χ4n) is 4.76. The summed E-state index contributed by atoms with van der Waals surface area (Å²) in [5.41, 5.74) is 3.85. The van der Waals surface area contributed by atoms with Gasteiger partial charge in [-0.25, -0.2) is 0 Å². The van der Waals surface area contributed by atoms with Crippen LogP contribution in [0.15, 0.2) is 66.7 Å². The van der Waals surface area contributed by atoms with Crippen LogP contribution in [-0.4, -0.2) is 17.1 Å². The molecule has 0 saturated heterocycles. The summed E-state index contributed by atoms with van der Waals surface area (Å²) in [6.07, 6.45) is 4.30. The van der Waals surface area contributed by atoms with E-state index in [0.29, 0.717) is 24.4 Å². The lowest BCUT2D eigenvalue weighted by Gasteiger charge is -2.21. The van der Waals surface area contributed by atoms with E-state index < -0.39 is 5.97 Å². The average Bonchev–Trinajstić information content (AvgIpc) is 3.20. The van der Waals surface area contributed by atoms with Gasteiger partial charge in [0.05, 0.1) is 0 Å². The normalized spacial score (nSPS) is 20.0. The number of aliphatic carboxylic acids is 1. The van der Waals surface area contributed by atoms with Gasteiger partial charge in [-0.1, -0.05) is 66.7 Å². The van der Waals surface area contributed by atoms with Gasteiger partial charge in [0, 0.05) is 18.5 Å². The second kappa shape index (κ2) is 8.79. The molecule has 3 heteroatoms. The number of hydrogen-bond donors (Lipinski definition) is 2. The van der Waals surface area contributed by atoms with Crippen molar-refractivity contribution in [3.8, 4) is 0 Å². The van der Waals surface area contributed by atoms with Gasteiger partial charge in [-0.2, -0.15) is 0 Å². The largest absolute Gasteiger partial charge is 0.481 e. The number of hydrogen-bond acceptors (Lipinski definition) is 2. The fourth-order valence-corrected chi connectivity index (χ4v) is 4.76. The second-order valence-corrected chi connectivity index (χ2v) is 8.30. The van der Waals surface area contributed by atoms with Crippen LogP contribution < -0.4 is 5.32 Å². The van der Waals surface area contributed by atoms with E-state index in [4.69, 9.17) is 5.11 Å². The molecular weight excluding hydrogens is 358 g/mol. The molecule has 29 heavy (non-hydrogen) atoms. The second-order valence-electron chi connectivity index (χ2n) is 8.30. The average molecular weight is 388 g/mol. The Labute approximate surface area is 172 Å².